The molecule has 0 radical (unpaired) electrons. The van der Waals surface area contributed by atoms with Crippen LogP contribution in [0.15, 0.2) is 213 Å². The van der Waals surface area contributed by atoms with Crippen molar-refractivity contribution >= 4 is 47.8 Å². The fourth-order valence-corrected chi connectivity index (χ4v) is 11.9. The molecule has 1 N–H and O–H groups in total. The van der Waals surface area contributed by atoms with Gasteiger partial charge in [-0.2, -0.15) is 0 Å². The summed E-state index contributed by atoms with van der Waals surface area (Å²) in [5.41, 5.74) is 10.1. The van der Waals surface area contributed by atoms with Gasteiger partial charge in [0.25, 0.3) is 0 Å². The van der Waals surface area contributed by atoms with Gasteiger partial charge >= 0.3 is 41.8 Å². The third-order valence-electron chi connectivity index (χ3n) is 18.0. The third-order valence-corrected chi connectivity index (χ3v) is 18.0. The van der Waals surface area contributed by atoms with Gasteiger partial charge in [-0.1, -0.05) is 308 Å². The lowest BCUT2D eigenvalue weighted by molar-refractivity contribution is -0.305. The van der Waals surface area contributed by atoms with Gasteiger partial charge in [-0.3, -0.25) is 33.6 Å². The standard InChI is InChI=1S/C23H19N.2C23H40O8.C22H18N2.CH4/c1-3-9-19(10-4-1)20-13-15-22(16-14-20)23(24-17-7-8-18-24)21-11-5-2-6-12-21;2*1-3-5-7-9-11-13-21(26)29-17-19(31-23(28)16-15-20(24)25)18-30-22(27)14-12-10-8-6-4-2;1-3-7-18(8-4-1)19-11-13-21(14-12-19)22(24-16-15-23-17-24)20-9-5-2-6-10-20;/h1-18,23H;2*19H,3-18H2,1-2H3,(H,24,25);1-17,22H;1H4/p-1. The molecular weight excluding hydrogens is 1400 g/mol. The van der Waals surface area contributed by atoms with Gasteiger partial charge in [0.05, 0.1) is 37.7 Å². The molecule has 2 heterocycles. The largest absolute Gasteiger partial charge is 0.550 e. The lowest BCUT2D eigenvalue weighted by Crippen LogP contribution is -2.31. The van der Waals surface area contributed by atoms with Crippen molar-refractivity contribution in [3.05, 3.63) is 235 Å². The van der Waals surface area contributed by atoms with Crippen LogP contribution < -0.4 is 5.11 Å². The van der Waals surface area contributed by atoms with Gasteiger partial charge in [0.2, 0.25) is 0 Å². The Balaban J connectivity index is 0.000000313. The minimum absolute atomic E-state index is 0. The average molecular weight is 1520 g/mol. The number of nitrogens with zero attached hydrogens (tertiary/aromatic N) is 3. The number of carbonyl (C=O) groups excluding carboxylic acids is 7. The zero-order valence-electron chi connectivity index (χ0n) is 65.1. The molecule has 0 bridgehead atoms. The first-order valence-corrected chi connectivity index (χ1v) is 39.5. The zero-order chi connectivity index (χ0) is 79.0. The normalized spacial score (nSPS) is 11.2. The highest BCUT2D eigenvalue weighted by Gasteiger charge is 2.23. The number of carboxylic acids is 2. The van der Waals surface area contributed by atoms with Crippen molar-refractivity contribution in [3.63, 3.8) is 0 Å². The molecule has 0 aliphatic rings. The van der Waals surface area contributed by atoms with Crippen LogP contribution in [0.1, 0.15) is 249 Å². The van der Waals surface area contributed by atoms with E-state index in [2.05, 4.69) is 224 Å². The van der Waals surface area contributed by atoms with Crippen LogP contribution in [0.3, 0.4) is 0 Å². The van der Waals surface area contributed by atoms with E-state index in [0.717, 1.165) is 128 Å². The van der Waals surface area contributed by atoms with Crippen LogP contribution in [0.2, 0.25) is 0 Å². The predicted molar refractivity (Wildman–Crippen MR) is 433 cm³/mol. The molecule has 19 heteroatoms. The number of carbonyl (C=O) groups is 8. The van der Waals surface area contributed by atoms with E-state index in [-0.39, 0.29) is 90.9 Å². The number of hydrogen-bond acceptors (Lipinski definition) is 16. The maximum atomic E-state index is 11.9. The summed E-state index contributed by atoms with van der Waals surface area (Å²) >= 11 is 0. The van der Waals surface area contributed by atoms with Crippen LogP contribution in [0.4, 0.5) is 0 Å². The average Bonchev–Trinajstić information content (AvgIpc) is 1.81. The summed E-state index contributed by atoms with van der Waals surface area (Å²) < 4.78 is 35.4. The summed E-state index contributed by atoms with van der Waals surface area (Å²) in [5.74, 6) is -5.60. The minimum Gasteiger partial charge on any atom is -0.550 e. The number of aromatic nitrogens is 3. The van der Waals surface area contributed by atoms with Crippen LogP contribution in [-0.4, -0.2) is 106 Å². The van der Waals surface area contributed by atoms with Gasteiger partial charge in [0.1, 0.15) is 26.4 Å². The lowest BCUT2D eigenvalue weighted by atomic mass is 9.96. The summed E-state index contributed by atoms with van der Waals surface area (Å²) in [4.78, 5) is 96.5. The molecule has 0 aliphatic heterocycles. The van der Waals surface area contributed by atoms with E-state index in [9.17, 15) is 43.5 Å². The quantitative estimate of drug-likeness (QED) is 0.0211. The number of ether oxygens (including phenoxy) is 6. The number of imidazole rings is 1. The monoisotopic (exact) mass is 1520 g/mol. The lowest BCUT2D eigenvalue weighted by Gasteiger charge is -2.20. The van der Waals surface area contributed by atoms with Crippen molar-refractivity contribution in [2.24, 2.45) is 0 Å². The molecule has 2 aromatic heterocycles. The van der Waals surface area contributed by atoms with E-state index in [1.54, 1.807) is 0 Å². The van der Waals surface area contributed by atoms with Crippen LogP contribution in [0.5, 0.6) is 0 Å². The SMILES string of the molecule is C.CCCCCCCC(=O)OCC(COC(=O)CCCCCCC)OC(=O)CCC(=O)O.CCCCCCCC(=O)OCC(COC(=O)CCCCCCC)OC(=O)CCC(=O)[O-].c1ccc(-c2ccc(C(c3ccccc3)n3cccc3)cc2)cc1.c1ccc(-c2ccc(C(c3ccccc3)n3ccnc3)cc2)cc1. The summed E-state index contributed by atoms with van der Waals surface area (Å²) in [5, 5.41) is 19.2. The van der Waals surface area contributed by atoms with E-state index in [4.69, 9.17) is 33.5 Å². The number of rotatable bonds is 48. The molecule has 0 saturated carbocycles. The molecule has 19 nitrogen and oxygen atoms in total. The predicted octanol–water partition coefficient (Wildman–Crippen LogP) is 19.4. The second kappa shape index (κ2) is 57.6. The number of aliphatic carboxylic acids is 2. The Morgan fingerprint density at radius 1 is 0.333 bits per heavy atom. The first kappa shape index (κ1) is 93.0. The Labute approximate surface area is 658 Å². The van der Waals surface area contributed by atoms with Gasteiger partial charge < -0.3 is 52.6 Å². The second-order valence-electron chi connectivity index (χ2n) is 27.1. The molecule has 8 rings (SSSR count). The smallest absolute Gasteiger partial charge is 0.306 e. The van der Waals surface area contributed by atoms with Crippen molar-refractivity contribution < 1.29 is 77.0 Å². The summed E-state index contributed by atoms with van der Waals surface area (Å²) in [6.07, 6.45) is 27.6. The van der Waals surface area contributed by atoms with Gasteiger partial charge in [-0.15, -0.1) is 0 Å². The molecule has 0 aliphatic carbocycles. The summed E-state index contributed by atoms with van der Waals surface area (Å²) in [7, 11) is 0. The topological polar surface area (TPSA) is 258 Å². The number of unbranched alkanes of at least 4 members (excludes halogenated alkanes) is 16. The summed E-state index contributed by atoms with van der Waals surface area (Å²) in [6, 6.07) is 64.3. The van der Waals surface area contributed by atoms with E-state index < -0.39 is 66.4 Å². The van der Waals surface area contributed by atoms with E-state index in [1.807, 2.05) is 30.9 Å². The Morgan fingerprint density at radius 2 is 0.631 bits per heavy atom. The molecule has 6 aromatic carbocycles. The Kier molecular flexibility index (Phi) is 48.3. The molecule has 111 heavy (non-hydrogen) atoms. The fourth-order valence-electron chi connectivity index (χ4n) is 11.9. The fraction of sp³-hybridized carbons (Fsp3) is 0.446. The highest BCUT2D eigenvalue weighted by Crippen LogP contribution is 2.31. The molecule has 8 aromatic rings. The number of hydrogen-bond donors (Lipinski definition) is 1. The maximum Gasteiger partial charge on any atom is 0.306 e. The molecule has 0 amide bonds. The molecule has 2 unspecified atom stereocenters. The van der Waals surface area contributed by atoms with Crippen LogP contribution in [0.25, 0.3) is 22.3 Å². The van der Waals surface area contributed by atoms with Gasteiger partial charge in [-0.25, -0.2) is 4.98 Å². The van der Waals surface area contributed by atoms with Crippen LogP contribution >= 0.6 is 0 Å². The first-order valence-electron chi connectivity index (χ1n) is 39.5. The molecule has 0 spiro atoms. The molecule has 2 atom stereocenters. The zero-order valence-corrected chi connectivity index (χ0v) is 65.1. The molecule has 0 saturated heterocycles. The van der Waals surface area contributed by atoms with E-state index in [1.165, 1.54) is 44.5 Å². The highest BCUT2D eigenvalue weighted by molar-refractivity contribution is 5.77. The van der Waals surface area contributed by atoms with Crippen molar-refractivity contribution in [2.45, 2.75) is 239 Å². The third kappa shape index (κ3) is 40.2. The van der Waals surface area contributed by atoms with E-state index in [0.29, 0.717) is 0 Å². The van der Waals surface area contributed by atoms with Crippen molar-refractivity contribution in [3.8, 4) is 22.3 Å². The molecule has 0 fully saturated rings. The Morgan fingerprint density at radius 3 is 0.937 bits per heavy atom. The number of benzene rings is 6. The Hall–Kier alpha value is -10.4. The van der Waals surface area contributed by atoms with Crippen LogP contribution in [0, 0.1) is 0 Å². The number of esters is 6. The minimum atomic E-state index is -1.36. The van der Waals surface area contributed by atoms with E-state index >= 15 is 0 Å². The van der Waals surface area contributed by atoms with Gasteiger partial charge in [0.15, 0.2) is 12.2 Å². The second-order valence-corrected chi connectivity index (χ2v) is 27.1. The van der Waals surface area contributed by atoms with Gasteiger partial charge in [0, 0.05) is 56.4 Å². The number of carboxylic acid groups (broad SMARTS) is 2. The summed E-state index contributed by atoms with van der Waals surface area (Å²) in [6.45, 7) is 7.52. The molecule has 600 valence electrons. The van der Waals surface area contributed by atoms with Gasteiger partial charge in [-0.05, 0) is 88.7 Å². The maximum absolute atomic E-state index is 11.9. The Bertz CT molecular complexity index is 3470. The van der Waals surface area contributed by atoms with Crippen molar-refractivity contribution in [2.75, 3.05) is 26.4 Å². The molecular formula is C92H120N3O16-. The first-order chi connectivity index (χ1) is 53.6. The van der Waals surface area contributed by atoms with Crippen LogP contribution in [-0.2, 0) is 66.8 Å². The van der Waals surface area contributed by atoms with Crippen molar-refractivity contribution in [1.82, 2.24) is 14.1 Å². The highest BCUT2D eigenvalue weighted by atomic mass is 16.6. The van der Waals surface area contributed by atoms with Crippen molar-refractivity contribution in [1.29, 1.82) is 0 Å².